The third-order valence-corrected chi connectivity index (χ3v) is 6.93. The highest BCUT2D eigenvalue weighted by Gasteiger charge is 2.19. The second-order valence-corrected chi connectivity index (χ2v) is 10.1. The first kappa shape index (κ1) is 26.8. The van der Waals surface area contributed by atoms with E-state index in [1.54, 1.807) is 6.20 Å². The molecule has 1 aliphatic carbocycles. The van der Waals surface area contributed by atoms with Gasteiger partial charge in [-0.15, -0.1) is 0 Å². The normalized spacial score (nSPS) is 13.6. The molecule has 0 aliphatic heterocycles. The van der Waals surface area contributed by atoms with E-state index in [1.165, 1.54) is 16.7 Å². The summed E-state index contributed by atoms with van der Waals surface area (Å²) >= 11 is 0. The number of aliphatic imine (C=N–C) groups is 1. The van der Waals surface area contributed by atoms with E-state index in [4.69, 9.17) is 4.98 Å². The zero-order valence-electron chi connectivity index (χ0n) is 23.2. The Labute approximate surface area is 234 Å². The molecule has 5 rings (SSSR count). The second-order valence-electron chi connectivity index (χ2n) is 10.1. The number of aromatic nitrogens is 4. The van der Waals surface area contributed by atoms with Gasteiger partial charge in [0.25, 0.3) is 0 Å². The Hall–Kier alpha value is -4.78. The fourth-order valence-electron chi connectivity index (χ4n) is 4.86. The molecule has 7 heteroatoms. The molecule has 3 N–H and O–H groups in total. The molecule has 0 saturated heterocycles. The number of nitrogens with one attached hydrogen (secondary N) is 3. The average Bonchev–Trinajstić information content (AvgIpc) is 3.51. The van der Waals surface area contributed by atoms with Crippen molar-refractivity contribution in [1.82, 2.24) is 25.5 Å². The lowest BCUT2D eigenvalue weighted by Crippen LogP contribution is -2.20. The molecule has 40 heavy (non-hydrogen) atoms. The van der Waals surface area contributed by atoms with Gasteiger partial charge in [-0.3, -0.25) is 14.9 Å². The fourth-order valence-corrected chi connectivity index (χ4v) is 4.86. The second kappa shape index (κ2) is 11.9. The summed E-state index contributed by atoms with van der Waals surface area (Å²) in [6.07, 6.45) is 13.1. The van der Waals surface area contributed by atoms with Crippen molar-refractivity contribution in [2.75, 3.05) is 0 Å². The van der Waals surface area contributed by atoms with E-state index in [-0.39, 0.29) is 5.91 Å². The summed E-state index contributed by atoms with van der Waals surface area (Å²) in [5.74, 6) is 0.00228. The summed E-state index contributed by atoms with van der Waals surface area (Å²) in [5.41, 5.74) is 11.3. The number of carbonyl (C=O) groups excluding carboxylic acids is 1. The third-order valence-electron chi connectivity index (χ3n) is 6.93. The Balaban J connectivity index is 1.50. The highest BCUT2D eigenvalue weighted by molar-refractivity contribution is 5.92. The number of unbranched alkanes of at least 4 members (excludes halogenated alkanes) is 1. The van der Waals surface area contributed by atoms with Gasteiger partial charge >= 0.3 is 0 Å². The molecule has 4 aromatic rings. The molecule has 0 unspecified atom stereocenters. The minimum Gasteiger partial charge on any atom is -0.356 e. The number of pyridine rings is 1. The zero-order chi connectivity index (χ0) is 28.1. The van der Waals surface area contributed by atoms with Gasteiger partial charge in [-0.1, -0.05) is 61.4 Å². The molecule has 202 valence electrons. The van der Waals surface area contributed by atoms with Crippen LogP contribution in [0, 0.1) is 6.92 Å². The van der Waals surface area contributed by atoms with Crippen LogP contribution in [0.15, 0.2) is 83.7 Å². The number of benzene rings is 1. The molecule has 0 bridgehead atoms. The van der Waals surface area contributed by atoms with Gasteiger partial charge in [0.1, 0.15) is 11.2 Å². The number of hydrogen-bond donors (Lipinski definition) is 3. The van der Waals surface area contributed by atoms with Crippen molar-refractivity contribution in [2.45, 2.75) is 46.5 Å². The largest absolute Gasteiger partial charge is 0.356 e. The number of aryl methyl sites for hydroxylation is 1. The van der Waals surface area contributed by atoms with Gasteiger partial charge in [-0.05, 0) is 62.4 Å². The predicted octanol–water partition coefficient (Wildman–Crippen LogP) is 7.06. The zero-order valence-corrected chi connectivity index (χ0v) is 23.2. The Bertz CT molecular complexity index is 1680. The van der Waals surface area contributed by atoms with E-state index in [0.717, 1.165) is 64.2 Å². The monoisotopic (exact) mass is 530 g/mol. The van der Waals surface area contributed by atoms with Crippen molar-refractivity contribution in [3.8, 4) is 11.4 Å². The number of fused-ring (bicyclic) bond motifs is 2. The van der Waals surface area contributed by atoms with Crippen LogP contribution in [0.4, 0.5) is 0 Å². The molecular formula is C33H34N6O. The van der Waals surface area contributed by atoms with E-state index in [0.29, 0.717) is 12.1 Å². The number of nitrogens with zero attached hydrogens (tertiary/aromatic N) is 3. The highest BCUT2D eigenvalue weighted by Crippen LogP contribution is 2.34. The van der Waals surface area contributed by atoms with Crippen molar-refractivity contribution >= 4 is 34.8 Å². The van der Waals surface area contributed by atoms with Crippen molar-refractivity contribution < 1.29 is 4.79 Å². The minimum absolute atomic E-state index is 0.00228. The Kier molecular flexibility index (Phi) is 8.01. The van der Waals surface area contributed by atoms with Crippen molar-refractivity contribution in [1.29, 1.82) is 0 Å². The molecule has 0 saturated carbocycles. The highest BCUT2D eigenvalue weighted by atomic mass is 16.1. The fraction of sp³-hybridized carbons (Fsp3) is 0.212. The van der Waals surface area contributed by atoms with Gasteiger partial charge < -0.3 is 10.3 Å². The average molecular weight is 531 g/mol. The molecule has 3 heterocycles. The summed E-state index contributed by atoms with van der Waals surface area (Å²) < 4.78 is 0. The van der Waals surface area contributed by atoms with Crippen LogP contribution in [0.2, 0.25) is 0 Å². The standard InChI is InChI=1S/C33H34N6O/c1-5-6-11-31(40)35-22(3)18-24(20-34-4)27-16-17-29-32(37-27)33(39-38-29)30-19-26-25(9-7-8-10-28(26)36-30)23-14-12-21(2)13-15-23/h7-9,12-20,36H,4-6,10-11H2,1-3H3,(H,35,40)(H,38,39)/b22-18+,24-20+. The maximum atomic E-state index is 12.2. The molecular weight excluding hydrogens is 496 g/mol. The maximum Gasteiger partial charge on any atom is 0.224 e. The van der Waals surface area contributed by atoms with E-state index in [9.17, 15) is 4.79 Å². The summed E-state index contributed by atoms with van der Waals surface area (Å²) in [6, 6.07) is 14.6. The number of allylic oxidation sites excluding steroid dienone is 6. The van der Waals surface area contributed by atoms with Crippen molar-refractivity contribution in [3.63, 3.8) is 0 Å². The Morgan fingerprint density at radius 2 is 2.02 bits per heavy atom. The summed E-state index contributed by atoms with van der Waals surface area (Å²) in [7, 11) is 0. The molecule has 0 atom stereocenters. The third kappa shape index (κ3) is 5.78. The smallest absolute Gasteiger partial charge is 0.224 e. The van der Waals surface area contributed by atoms with Crippen LogP contribution in [0.25, 0.3) is 33.6 Å². The first-order chi connectivity index (χ1) is 19.5. The number of carbonyl (C=O) groups is 1. The lowest BCUT2D eigenvalue weighted by molar-refractivity contribution is -0.120. The van der Waals surface area contributed by atoms with Crippen LogP contribution in [-0.4, -0.2) is 32.8 Å². The number of aromatic amines is 2. The molecule has 0 spiro atoms. The predicted molar refractivity (Wildman–Crippen MR) is 164 cm³/mol. The van der Waals surface area contributed by atoms with Crippen LogP contribution < -0.4 is 5.32 Å². The van der Waals surface area contributed by atoms with Crippen molar-refractivity contribution in [2.24, 2.45) is 4.99 Å². The van der Waals surface area contributed by atoms with Gasteiger partial charge in [0.05, 0.1) is 16.9 Å². The first-order valence-electron chi connectivity index (χ1n) is 13.6. The lowest BCUT2D eigenvalue weighted by Gasteiger charge is -2.07. The van der Waals surface area contributed by atoms with Crippen molar-refractivity contribution in [3.05, 3.63) is 107 Å². The number of hydrogen-bond acceptors (Lipinski definition) is 4. The van der Waals surface area contributed by atoms with Gasteiger partial charge in [-0.25, -0.2) is 4.98 Å². The van der Waals surface area contributed by atoms with Gasteiger partial charge in [0.2, 0.25) is 5.91 Å². The van der Waals surface area contributed by atoms with Crippen LogP contribution >= 0.6 is 0 Å². The molecule has 1 aliphatic rings. The van der Waals surface area contributed by atoms with E-state index in [2.05, 4.69) is 94.6 Å². The first-order valence-corrected chi connectivity index (χ1v) is 13.6. The molecule has 1 amide bonds. The number of H-pyrrole nitrogens is 2. The molecule has 1 aromatic carbocycles. The Morgan fingerprint density at radius 1 is 1.20 bits per heavy atom. The summed E-state index contributed by atoms with van der Waals surface area (Å²) in [5, 5.41) is 10.7. The molecule has 0 fully saturated rings. The van der Waals surface area contributed by atoms with Crippen LogP contribution in [-0.2, 0) is 11.2 Å². The Morgan fingerprint density at radius 3 is 2.80 bits per heavy atom. The van der Waals surface area contributed by atoms with Crippen LogP contribution in [0.3, 0.4) is 0 Å². The maximum absolute atomic E-state index is 12.2. The molecule has 0 radical (unpaired) electrons. The van der Waals surface area contributed by atoms with Crippen LogP contribution in [0.5, 0.6) is 0 Å². The number of rotatable bonds is 9. The van der Waals surface area contributed by atoms with E-state index >= 15 is 0 Å². The number of amides is 1. The van der Waals surface area contributed by atoms with E-state index in [1.807, 2.05) is 25.1 Å². The summed E-state index contributed by atoms with van der Waals surface area (Å²) in [4.78, 5) is 24.8. The quantitative estimate of drug-likeness (QED) is 0.160. The van der Waals surface area contributed by atoms with Gasteiger partial charge in [-0.2, -0.15) is 5.10 Å². The summed E-state index contributed by atoms with van der Waals surface area (Å²) in [6.45, 7) is 9.66. The minimum atomic E-state index is 0.00228. The molecule has 7 nitrogen and oxygen atoms in total. The lowest BCUT2D eigenvalue weighted by atomic mass is 9.97. The van der Waals surface area contributed by atoms with Gasteiger partial charge in [0.15, 0.2) is 0 Å². The molecule has 3 aromatic heterocycles. The van der Waals surface area contributed by atoms with Crippen LogP contribution in [0.1, 0.15) is 61.2 Å². The SMILES string of the molecule is C=N/C=C(\C=C(/C)NC(=O)CCCC)c1ccc2[nH]nc(-c3cc4c([nH]3)CC=CC=C4c3ccc(C)cc3)c2n1. The topological polar surface area (TPSA) is 98.8 Å². The van der Waals surface area contributed by atoms with Gasteiger partial charge in [0, 0.05) is 41.6 Å². The van der Waals surface area contributed by atoms with E-state index < -0.39 is 0 Å².